The maximum atomic E-state index is 13.4. The van der Waals surface area contributed by atoms with Crippen LogP contribution >= 0.6 is 0 Å². The summed E-state index contributed by atoms with van der Waals surface area (Å²) in [6, 6.07) is 43.0. The molecule has 0 unspecified atom stereocenters. The van der Waals surface area contributed by atoms with E-state index in [1.54, 1.807) is 0 Å². The van der Waals surface area contributed by atoms with Gasteiger partial charge in [0.2, 0.25) is 17.7 Å². The number of aryl methyl sites for hydroxylation is 3. The van der Waals surface area contributed by atoms with Gasteiger partial charge in [-0.3, -0.25) is 28.8 Å². The SMILES string of the molecule is Cc1ccc(C(=O)CCCN2CCC3(CC2)C(=O)NC[C@H]3c2ccc(F)cc2)cc1.Cc1ccc(C(=O)C[C@@H](C)CN2CCC3(CC2)C(=O)NC[C@@H]3c2ccc(F)cc2)cc1.Cc1ccc(C(=O)C[C@@H](C)CN2CCC3(CC2)C(=O)NC[C@H]3c2ccc(F)cc2)cc1.O=C(O)C(F)(F)F.O=C(O)C(F)(F)F.O=C(O)C(F)(F)F. The number of hydrogen-bond donors (Lipinski definition) is 6. The molecule has 6 N–H and O–H groups in total. The van der Waals surface area contributed by atoms with Gasteiger partial charge < -0.3 is 46.0 Å². The number of nitrogens with one attached hydrogen (secondary N) is 3. The number of piperidine rings is 3. The van der Waals surface area contributed by atoms with Crippen LogP contribution in [-0.2, 0) is 28.8 Å². The van der Waals surface area contributed by atoms with E-state index in [2.05, 4.69) is 44.5 Å². The zero-order valence-electron chi connectivity index (χ0n) is 63.2. The molecule has 12 rings (SSSR count). The topological polar surface area (TPSA) is 260 Å². The van der Waals surface area contributed by atoms with Crippen molar-refractivity contribution in [2.75, 3.05) is 78.5 Å². The van der Waals surface area contributed by atoms with Crippen molar-refractivity contribution in [2.24, 2.45) is 28.1 Å². The molecule has 113 heavy (non-hydrogen) atoms. The Kier molecular flexibility index (Phi) is 31.8. The van der Waals surface area contributed by atoms with Gasteiger partial charge in [-0.25, -0.2) is 27.6 Å². The van der Waals surface area contributed by atoms with Crippen molar-refractivity contribution < 1.29 is 111 Å². The second-order valence-corrected chi connectivity index (χ2v) is 29.9. The van der Waals surface area contributed by atoms with E-state index in [1.807, 2.05) is 130 Å². The van der Waals surface area contributed by atoms with Crippen LogP contribution in [0, 0.1) is 66.3 Å². The highest BCUT2D eigenvalue weighted by Gasteiger charge is 2.55. The Morgan fingerprint density at radius 2 is 0.619 bits per heavy atom. The first-order valence-corrected chi connectivity index (χ1v) is 37.0. The quantitative estimate of drug-likeness (QED) is 0.0345. The van der Waals surface area contributed by atoms with E-state index < -0.39 is 52.7 Å². The molecule has 6 aliphatic heterocycles. The summed E-state index contributed by atoms with van der Waals surface area (Å²) in [4.78, 5) is 110. The van der Waals surface area contributed by atoms with Crippen molar-refractivity contribution in [1.82, 2.24) is 30.7 Å². The second-order valence-electron chi connectivity index (χ2n) is 29.9. The van der Waals surface area contributed by atoms with Crippen LogP contribution in [0.2, 0.25) is 0 Å². The van der Waals surface area contributed by atoms with Crippen molar-refractivity contribution in [2.45, 2.75) is 135 Å². The lowest BCUT2D eigenvalue weighted by Gasteiger charge is -2.41. The number of carboxylic acids is 3. The Bertz CT molecular complexity index is 3980. The zero-order valence-corrected chi connectivity index (χ0v) is 63.2. The first kappa shape index (κ1) is 90.4. The first-order chi connectivity index (χ1) is 53.0. The van der Waals surface area contributed by atoms with Gasteiger partial charge in [-0.2, -0.15) is 39.5 Å². The van der Waals surface area contributed by atoms with E-state index in [9.17, 15) is 81.5 Å². The fraction of sp³-hybridized carbons (Fsp3) is 0.458. The van der Waals surface area contributed by atoms with Crippen molar-refractivity contribution in [3.05, 3.63) is 213 Å². The monoisotopic (exact) mass is 1590 g/mol. The Balaban J connectivity index is 0.000000208. The molecule has 3 spiro atoms. The van der Waals surface area contributed by atoms with Gasteiger partial charge in [0.15, 0.2) is 17.3 Å². The Morgan fingerprint density at radius 3 is 0.858 bits per heavy atom. The molecule has 18 nitrogen and oxygen atoms in total. The Hall–Kier alpha value is -9.81. The normalized spacial score (nSPS) is 19.6. The van der Waals surface area contributed by atoms with Crippen molar-refractivity contribution >= 4 is 53.0 Å². The minimum Gasteiger partial charge on any atom is -0.475 e. The molecule has 6 aliphatic rings. The summed E-state index contributed by atoms with van der Waals surface area (Å²) in [5.74, 6) is -7.29. The summed E-state index contributed by atoms with van der Waals surface area (Å²) >= 11 is 0. The van der Waals surface area contributed by atoms with E-state index in [0.717, 1.165) is 154 Å². The molecule has 0 radical (unpaired) electrons. The van der Waals surface area contributed by atoms with Gasteiger partial charge in [-0.05, 0) is 176 Å². The highest BCUT2D eigenvalue weighted by Crippen LogP contribution is 2.51. The molecule has 0 aromatic heterocycles. The number of amides is 3. The largest absolute Gasteiger partial charge is 0.490 e. The van der Waals surface area contributed by atoms with Crippen LogP contribution < -0.4 is 16.0 Å². The third-order valence-corrected chi connectivity index (χ3v) is 21.8. The Morgan fingerprint density at radius 1 is 0.389 bits per heavy atom. The highest BCUT2D eigenvalue weighted by molar-refractivity contribution is 5.97. The molecule has 0 aliphatic carbocycles. The number of nitrogens with zero attached hydrogens (tertiary/aromatic N) is 3. The third-order valence-electron chi connectivity index (χ3n) is 21.8. The summed E-state index contributed by atoms with van der Waals surface area (Å²) in [5, 5.41) is 30.5. The van der Waals surface area contributed by atoms with Crippen molar-refractivity contribution in [3.63, 3.8) is 0 Å². The van der Waals surface area contributed by atoms with Crippen LogP contribution in [-0.4, -0.2) is 180 Å². The van der Waals surface area contributed by atoms with Crippen molar-refractivity contribution in [3.8, 4) is 0 Å². The fourth-order valence-corrected chi connectivity index (χ4v) is 15.4. The van der Waals surface area contributed by atoms with Crippen LogP contribution in [0.1, 0.15) is 160 Å². The zero-order chi connectivity index (χ0) is 83.4. The Labute approximate surface area is 647 Å². The summed E-state index contributed by atoms with van der Waals surface area (Å²) in [5.41, 5.74) is 7.69. The molecular weight excluding hydrogens is 1500 g/mol. The van der Waals surface area contributed by atoms with Gasteiger partial charge in [0.1, 0.15) is 17.5 Å². The van der Waals surface area contributed by atoms with Gasteiger partial charge >= 0.3 is 36.4 Å². The minimum atomic E-state index is -5.08. The molecule has 612 valence electrons. The average molecular weight is 1600 g/mol. The van der Waals surface area contributed by atoms with Crippen LogP contribution in [0.15, 0.2) is 146 Å². The first-order valence-electron chi connectivity index (χ1n) is 37.0. The number of halogens is 12. The molecule has 0 saturated carbocycles. The number of likely N-dealkylation sites (tertiary alicyclic amines) is 3. The van der Waals surface area contributed by atoms with Gasteiger partial charge in [-0.1, -0.05) is 140 Å². The molecule has 6 aromatic rings. The summed E-state index contributed by atoms with van der Waals surface area (Å²) in [6.45, 7) is 19.8. The number of carboxylic acid groups (broad SMARTS) is 3. The van der Waals surface area contributed by atoms with Gasteiger partial charge in [-0.15, -0.1) is 0 Å². The molecule has 30 heteroatoms. The van der Waals surface area contributed by atoms with Crippen LogP contribution in [0.5, 0.6) is 0 Å². The summed E-state index contributed by atoms with van der Waals surface area (Å²) in [6.07, 6.45) is -8.05. The predicted molar refractivity (Wildman–Crippen MR) is 395 cm³/mol. The molecule has 6 heterocycles. The van der Waals surface area contributed by atoms with E-state index in [1.165, 1.54) is 36.4 Å². The van der Waals surface area contributed by atoms with E-state index in [0.29, 0.717) is 38.9 Å². The molecule has 5 atom stereocenters. The number of aliphatic carboxylic acids is 3. The van der Waals surface area contributed by atoms with E-state index in [4.69, 9.17) is 29.7 Å². The van der Waals surface area contributed by atoms with Crippen LogP contribution in [0.4, 0.5) is 52.7 Å². The lowest BCUT2D eigenvalue weighted by Crippen LogP contribution is -2.47. The molecule has 6 fully saturated rings. The second kappa shape index (κ2) is 39.8. The van der Waals surface area contributed by atoms with Gasteiger partial charge in [0.25, 0.3) is 0 Å². The summed E-state index contributed by atoms with van der Waals surface area (Å²) in [7, 11) is 0. The predicted octanol–water partition coefficient (Wildman–Crippen LogP) is 14.7. The number of ketones is 3. The average Bonchev–Trinajstić information content (AvgIpc) is 1.64. The number of alkyl halides is 9. The summed E-state index contributed by atoms with van der Waals surface area (Å²) < 4.78 is 135. The van der Waals surface area contributed by atoms with E-state index in [-0.39, 0.29) is 82.1 Å². The molecular formula is C83H94F12N6O12. The third kappa shape index (κ3) is 25.3. The maximum absolute atomic E-state index is 13.4. The number of carbonyl (C=O) groups excluding carboxylic acids is 6. The maximum Gasteiger partial charge on any atom is 0.490 e. The number of rotatable bonds is 18. The molecule has 6 aromatic carbocycles. The van der Waals surface area contributed by atoms with Crippen LogP contribution in [0.25, 0.3) is 0 Å². The molecule has 0 bridgehead atoms. The number of hydrogen-bond acceptors (Lipinski definition) is 12. The van der Waals surface area contributed by atoms with Gasteiger partial charge in [0, 0.05) is 86.4 Å². The van der Waals surface area contributed by atoms with Crippen molar-refractivity contribution in [1.29, 1.82) is 0 Å². The standard InChI is InChI=1S/2C26H31FN2O2.C25H29FN2O2.3C2HF3O2/c2*1-18-3-5-21(6-4-18)24(30)15-19(2)17-29-13-11-26(12-14-29)23(16-28-25(26)31)20-7-9-22(27)10-8-20;1-18-4-6-20(7-5-18)23(29)3-2-14-28-15-12-25(13-16-28)22(17-27-24(25)30)19-8-10-21(26)11-9-19;3*3-2(4,5)1(6)7/h2*3-10,19,23H,11-17H2,1-2H3,(H,28,31);4-11,22H,2-3,12-17H2,1H3,(H,27,30);3*(H,6,7)/t19-,23+;19-,23-;22-;;;/m110.../s1. The van der Waals surface area contributed by atoms with E-state index >= 15 is 0 Å². The minimum absolute atomic E-state index is 0.0864. The van der Waals surface area contributed by atoms with Gasteiger partial charge in [0.05, 0.1) is 16.2 Å². The smallest absolute Gasteiger partial charge is 0.475 e. The van der Waals surface area contributed by atoms with Crippen LogP contribution in [0.3, 0.4) is 0 Å². The molecule has 6 saturated heterocycles. The molecule has 3 amide bonds. The number of carbonyl (C=O) groups is 9. The number of benzene rings is 6. The number of Topliss-reactive ketones (excluding diaryl/α,β-unsaturated/α-hetero) is 3. The lowest BCUT2D eigenvalue weighted by molar-refractivity contribution is -0.193. The fourth-order valence-electron chi connectivity index (χ4n) is 15.4. The lowest BCUT2D eigenvalue weighted by atomic mass is 9.68. The highest BCUT2D eigenvalue weighted by atomic mass is 19.4.